The molecular formula is C16H24N2O3S. The smallest absolute Gasteiger partial charge is 0.251 e. The molecule has 2 fully saturated rings. The van der Waals surface area contributed by atoms with Gasteiger partial charge in [-0.3, -0.25) is 4.79 Å². The lowest BCUT2D eigenvalue weighted by Gasteiger charge is -2.33. The first-order valence-electron chi connectivity index (χ1n) is 7.93. The predicted octanol–water partition coefficient (Wildman–Crippen LogP) is 2.52. The van der Waals surface area contributed by atoms with Gasteiger partial charge in [-0.05, 0) is 12.8 Å². The van der Waals surface area contributed by atoms with Gasteiger partial charge in [-0.2, -0.15) is 0 Å². The number of amides is 1. The molecule has 1 aromatic rings. The van der Waals surface area contributed by atoms with Crippen LogP contribution in [0.15, 0.2) is 5.38 Å². The molecule has 0 aromatic carbocycles. The third-order valence-corrected chi connectivity index (χ3v) is 5.09. The monoisotopic (exact) mass is 324 g/mol. The van der Waals surface area contributed by atoms with E-state index in [1.165, 1.54) is 0 Å². The summed E-state index contributed by atoms with van der Waals surface area (Å²) >= 11 is 1.62. The van der Waals surface area contributed by atoms with E-state index < -0.39 is 0 Å². The van der Waals surface area contributed by atoms with E-state index in [4.69, 9.17) is 14.5 Å². The number of aromatic nitrogens is 1. The zero-order valence-electron chi connectivity index (χ0n) is 13.5. The van der Waals surface area contributed by atoms with Crippen LogP contribution in [-0.2, 0) is 19.7 Å². The Hall–Kier alpha value is -0.980. The van der Waals surface area contributed by atoms with Crippen molar-refractivity contribution in [2.45, 2.75) is 51.2 Å². The molecule has 0 saturated carbocycles. The van der Waals surface area contributed by atoms with Gasteiger partial charge in [-0.1, -0.05) is 20.8 Å². The number of hydrogen-bond acceptors (Lipinski definition) is 5. The molecular weight excluding hydrogens is 300 g/mol. The molecule has 6 heteroatoms. The maximum Gasteiger partial charge on any atom is 0.251 e. The molecule has 2 unspecified atom stereocenters. The van der Waals surface area contributed by atoms with Gasteiger partial charge in [-0.25, -0.2) is 4.98 Å². The van der Waals surface area contributed by atoms with E-state index >= 15 is 0 Å². The van der Waals surface area contributed by atoms with Crippen molar-refractivity contribution < 1.29 is 14.3 Å². The van der Waals surface area contributed by atoms with E-state index in [1.807, 2.05) is 4.90 Å². The van der Waals surface area contributed by atoms with Crippen LogP contribution in [0.4, 0.5) is 0 Å². The molecule has 0 radical (unpaired) electrons. The Balaban J connectivity index is 1.67. The van der Waals surface area contributed by atoms with E-state index in [1.54, 1.807) is 11.3 Å². The highest BCUT2D eigenvalue weighted by atomic mass is 32.1. The molecule has 0 bridgehead atoms. The van der Waals surface area contributed by atoms with Crippen LogP contribution in [-0.4, -0.2) is 48.2 Å². The average Bonchev–Trinajstić information content (AvgIpc) is 3.17. The van der Waals surface area contributed by atoms with Gasteiger partial charge in [0.2, 0.25) is 0 Å². The lowest BCUT2D eigenvalue weighted by atomic mass is 9.93. The standard InChI is InChI=1S/C16H24N2O3S/c1-16(2,3)13-10-22-14(17-13)12-9-18(6-8-21-12)15(19)11-5-4-7-20-11/h10-12H,4-9H2,1-3H3. The highest BCUT2D eigenvalue weighted by Crippen LogP contribution is 2.30. The van der Waals surface area contributed by atoms with Crippen LogP contribution in [0.25, 0.3) is 0 Å². The Morgan fingerprint density at radius 2 is 2.18 bits per heavy atom. The number of hydrogen-bond donors (Lipinski definition) is 0. The summed E-state index contributed by atoms with van der Waals surface area (Å²) in [4.78, 5) is 19.1. The van der Waals surface area contributed by atoms with E-state index in [0.29, 0.717) is 26.3 Å². The Labute approximate surface area is 135 Å². The van der Waals surface area contributed by atoms with Crippen molar-refractivity contribution in [3.05, 3.63) is 16.1 Å². The average molecular weight is 324 g/mol. The van der Waals surface area contributed by atoms with Crippen LogP contribution in [0, 0.1) is 0 Å². The quantitative estimate of drug-likeness (QED) is 0.839. The molecule has 2 saturated heterocycles. The zero-order valence-corrected chi connectivity index (χ0v) is 14.3. The van der Waals surface area contributed by atoms with Gasteiger partial charge in [-0.15, -0.1) is 11.3 Å². The Bertz CT molecular complexity index is 532. The van der Waals surface area contributed by atoms with E-state index in [-0.39, 0.29) is 23.5 Å². The number of nitrogens with zero attached hydrogens (tertiary/aromatic N) is 2. The minimum absolute atomic E-state index is 0.0383. The first kappa shape index (κ1) is 15.9. The number of carbonyl (C=O) groups is 1. The minimum Gasteiger partial charge on any atom is -0.368 e. The largest absolute Gasteiger partial charge is 0.368 e. The van der Waals surface area contributed by atoms with Gasteiger partial charge >= 0.3 is 0 Å². The van der Waals surface area contributed by atoms with Crippen LogP contribution in [0.3, 0.4) is 0 Å². The first-order chi connectivity index (χ1) is 10.4. The molecule has 1 aromatic heterocycles. The lowest BCUT2D eigenvalue weighted by Crippen LogP contribution is -2.46. The second kappa shape index (κ2) is 6.26. The molecule has 2 atom stereocenters. The van der Waals surface area contributed by atoms with Crippen LogP contribution < -0.4 is 0 Å². The summed E-state index contributed by atoms with van der Waals surface area (Å²) in [7, 11) is 0. The fraction of sp³-hybridized carbons (Fsp3) is 0.750. The summed E-state index contributed by atoms with van der Waals surface area (Å²) in [6.07, 6.45) is 1.46. The van der Waals surface area contributed by atoms with Gasteiger partial charge in [0.05, 0.1) is 18.8 Å². The molecule has 122 valence electrons. The molecule has 3 heterocycles. The zero-order chi connectivity index (χ0) is 15.7. The van der Waals surface area contributed by atoms with Crippen molar-refractivity contribution >= 4 is 17.2 Å². The SMILES string of the molecule is CC(C)(C)c1csc(C2CN(C(=O)C3CCCO3)CCO2)n1. The fourth-order valence-corrected chi connectivity index (χ4v) is 3.84. The number of rotatable bonds is 2. The molecule has 2 aliphatic heterocycles. The molecule has 3 rings (SSSR count). The van der Waals surface area contributed by atoms with Crippen LogP contribution in [0.2, 0.25) is 0 Å². The third kappa shape index (κ3) is 3.34. The van der Waals surface area contributed by atoms with Gasteiger partial charge in [0, 0.05) is 23.9 Å². The molecule has 2 aliphatic rings. The highest BCUT2D eigenvalue weighted by molar-refractivity contribution is 7.09. The fourth-order valence-electron chi connectivity index (χ4n) is 2.75. The summed E-state index contributed by atoms with van der Waals surface area (Å²) < 4.78 is 11.4. The summed E-state index contributed by atoms with van der Waals surface area (Å²) in [6.45, 7) is 8.95. The maximum absolute atomic E-state index is 12.5. The second-order valence-electron chi connectivity index (χ2n) is 6.97. The molecule has 0 N–H and O–H groups in total. The van der Waals surface area contributed by atoms with Crippen molar-refractivity contribution in [3.63, 3.8) is 0 Å². The van der Waals surface area contributed by atoms with Gasteiger partial charge in [0.15, 0.2) is 0 Å². The predicted molar refractivity (Wildman–Crippen MR) is 85.1 cm³/mol. The van der Waals surface area contributed by atoms with Crippen molar-refractivity contribution in [2.24, 2.45) is 0 Å². The van der Waals surface area contributed by atoms with E-state index in [2.05, 4.69) is 26.2 Å². The first-order valence-corrected chi connectivity index (χ1v) is 8.81. The number of morpholine rings is 1. The summed E-state index contributed by atoms with van der Waals surface area (Å²) in [6, 6.07) is 0. The van der Waals surface area contributed by atoms with Crippen LogP contribution in [0.5, 0.6) is 0 Å². The lowest BCUT2D eigenvalue weighted by molar-refractivity contribution is -0.148. The summed E-state index contributed by atoms with van der Waals surface area (Å²) in [5.41, 5.74) is 1.12. The number of thiazole rings is 1. The van der Waals surface area contributed by atoms with Crippen molar-refractivity contribution in [3.8, 4) is 0 Å². The molecule has 1 amide bonds. The summed E-state index contributed by atoms with van der Waals surface area (Å²) in [5.74, 6) is 0.110. The molecule has 0 aliphatic carbocycles. The number of carbonyl (C=O) groups excluding carboxylic acids is 1. The summed E-state index contributed by atoms with van der Waals surface area (Å²) in [5, 5.41) is 3.06. The highest BCUT2D eigenvalue weighted by Gasteiger charge is 2.33. The normalized spacial score (nSPS) is 26.4. The number of ether oxygens (including phenoxy) is 2. The molecule has 0 spiro atoms. The van der Waals surface area contributed by atoms with Crippen LogP contribution >= 0.6 is 11.3 Å². The topological polar surface area (TPSA) is 51.7 Å². The minimum atomic E-state index is -0.250. The Morgan fingerprint density at radius 3 is 2.82 bits per heavy atom. The van der Waals surface area contributed by atoms with Crippen molar-refractivity contribution in [2.75, 3.05) is 26.3 Å². The van der Waals surface area contributed by atoms with Gasteiger partial charge in [0.1, 0.15) is 17.2 Å². The maximum atomic E-state index is 12.5. The van der Waals surface area contributed by atoms with Crippen molar-refractivity contribution in [1.82, 2.24) is 9.88 Å². The van der Waals surface area contributed by atoms with Gasteiger partial charge in [0.25, 0.3) is 5.91 Å². The Kier molecular flexibility index (Phi) is 4.52. The second-order valence-corrected chi connectivity index (χ2v) is 7.86. The Morgan fingerprint density at radius 1 is 1.36 bits per heavy atom. The van der Waals surface area contributed by atoms with E-state index in [0.717, 1.165) is 23.5 Å². The molecule has 5 nitrogen and oxygen atoms in total. The molecule has 22 heavy (non-hydrogen) atoms. The third-order valence-electron chi connectivity index (χ3n) is 4.15. The van der Waals surface area contributed by atoms with Crippen molar-refractivity contribution in [1.29, 1.82) is 0 Å². The van der Waals surface area contributed by atoms with E-state index in [9.17, 15) is 4.79 Å². The van der Waals surface area contributed by atoms with Crippen LogP contribution in [0.1, 0.15) is 50.4 Å². The van der Waals surface area contributed by atoms with Gasteiger partial charge < -0.3 is 14.4 Å².